The Hall–Kier alpha value is -3.00. The maximum absolute atomic E-state index is 13.1. The number of hydrogen-bond acceptors (Lipinski definition) is 2. The van der Waals surface area contributed by atoms with Crippen LogP contribution in [0.4, 0.5) is 0 Å². The van der Waals surface area contributed by atoms with Crippen LogP contribution in [0, 0.1) is 6.92 Å². The summed E-state index contributed by atoms with van der Waals surface area (Å²) in [6, 6.07) is 21.2. The van der Waals surface area contributed by atoms with Gasteiger partial charge in [-0.25, -0.2) is 0 Å². The summed E-state index contributed by atoms with van der Waals surface area (Å²) in [6.45, 7) is 6.28. The third kappa shape index (κ3) is 6.01. The van der Waals surface area contributed by atoms with Crippen LogP contribution in [0.3, 0.4) is 0 Å². The zero-order valence-electron chi connectivity index (χ0n) is 18.9. The summed E-state index contributed by atoms with van der Waals surface area (Å²) in [5, 5.41) is 0. The highest BCUT2D eigenvalue weighted by atomic mass is 16.1. The molecule has 0 bridgehead atoms. The molecule has 0 spiro atoms. The number of unbranched alkanes of at least 4 members (excludes halogenated alkanes) is 2. The summed E-state index contributed by atoms with van der Waals surface area (Å²) in [6.07, 6.45) is 6.67. The Balaban J connectivity index is 1.80. The van der Waals surface area contributed by atoms with Crippen LogP contribution in [0.15, 0.2) is 66.7 Å². The predicted octanol–water partition coefficient (Wildman–Crippen LogP) is 7.14. The Morgan fingerprint density at radius 2 is 0.968 bits per heavy atom. The highest BCUT2D eigenvalue weighted by Gasteiger charge is 2.15. The molecule has 160 valence electrons. The average Bonchev–Trinajstić information content (AvgIpc) is 2.80. The van der Waals surface area contributed by atoms with E-state index < -0.39 is 0 Å². The average molecular weight is 413 g/mol. The first-order chi connectivity index (χ1) is 15.0. The number of benzene rings is 3. The van der Waals surface area contributed by atoms with Gasteiger partial charge >= 0.3 is 0 Å². The van der Waals surface area contributed by atoms with Gasteiger partial charge in [0.25, 0.3) is 0 Å². The van der Waals surface area contributed by atoms with E-state index in [0.29, 0.717) is 22.3 Å². The first-order valence-corrected chi connectivity index (χ1v) is 11.4. The molecule has 0 amide bonds. The van der Waals surface area contributed by atoms with Crippen molar-refractivity contribution in [1.29, 1.82) is 0 Å². The number of rotatable bonds is 10. The largest absolute Gasteiger partial charge is 0.289 e. The van der Waals surface area contributed by atoms with Crippen LogP contribution in [0.1, 0.15) is 88.1 Å². The molecule has 0 aliphatic heterocycles. The van der Waals surface area contributed by atoms with E-state index in [1.54, 1.807) is 6.07 Å². The standard InChI is InChI=1S/C29H32O2/c1-4-6-8-22-10-14-24(15-11-22)28(30)26-18-21(3)19-27(20-26)29(31)25-16-12-23(13-17-25)9-7-5-2/h10-20H,4-9H2,1-3H3. The second kappa shape index (κ2) is 10.9. The van der Waals surface area contributed by atoms with Crippen molar-refractivity contribution in [2.75, 3.05) is 0 Å². The zero-order chi connectivity index (χ0) is 22.2. The van der Waals surface area contributed by atoms with Gasteiger partial charge in [0.15, 0.2) is 11.6 Å². The second-order valence-corrected chi connectivity index (χ2v) is 8.35. The molecule has 0 radical (unpaired) electrons. The minimum atomic E-state index is -0.0466. The summed E-state index contributed by atoms with van der Waals surface area (Å²) in [7, 11) is 0. The lowest BCUT2D eigenvalue weighted by molar-refractivity contribution is 0.103. The van der Waals surface area contributed by atoms with E-state index in [1.807, 2.05) is 67.6 Å². The Kier molecular flexibility index (Phi) is 7.94. The summed E-state index contributed by atoms with van der Waals surface area (Å²) in [5.74, 6) is -0.0931. The van der Waals surface area contributed by atoms with E-state index in [0.717, 1.165) is 44.1 Å². The molecule has 0 atom stereocenters. The van der Waals surface area contributed by atoms with E-state index in [2.05, 4.69) is 13.8 Å². The summed E-state index contributed by atoms with van der Waals surface area (Å²) in [5.41, 5.74) is 5.85. The maximum Gasteiger partial charge on any atom is 0.193 e. The second-order valence-electron chi connectivity index (χ2n) is 8.35. The minimum absolute atomic E-state index is 0.0466. The Morgan fingerprint density at radius 1 is 0.581 bits per heavy atom. The van der Waals surface area contributed by atoms with Crippen LogP contribution in [-0.2, 0) is 12.8 Å². The Morgan fingerprint density at radius 3 is 1.32 bits per heavy atom. The predicted molar refractivity (Wildman–Crippen MR) is 128 cm³/mol. The summed E-state index contributed by atoms with van der Waals surface area (Å²) < 4.78 is 0. The topological polar surface area (TPSA) is 34.1 Å². The van der Waals surface area contributed by atoms with Crippen molar-refractivity contribution < 1.29 is 9.59 Å². The van der Waals surface area contributed by atoms with Crippen molar-refractivity contribution in [2.24, 2.45) is 0 Å². The first-order valence-electron chi connectivity index (χ1n) is 11.4. The molecule has 31 heavy (non-hydrogen) atoms. The van der Waals surface area contributed by atoms with Crippen molar-refractivity contribution in [3.8, 4) is 0 Å². The van der Waals surface area contributed by atoms with Crippen LogP contribution in [-0.4, -0.2) is 11.6 Å². The normalized spacial score (nSPS) is 10.8. The smallest absolute Gasteiger partial charge is 0.193 e. The quantitative estimate of drug-likeness (QED) is 0.332. The van der Waals surface area contributed by atoms with Crippen LogP contribution in [0.25, 0.3) is 0 Å². The van der Waals surface area contributed by atoms with Gasteiger partial charge in [0.1, 0.15) is 0 Å². The van der Waals surface area contributed by atoms with Gasteiger partial charge in [0.05, 0.1) is 0 Å². The molecular formula is C29H32O2. The fraction of sp³-hybridized carbons (Fsp3) is 0.310. The van der Waals surface area contributed by atoms with Gasteiger partial charge in [-0.2, -0.15) is 0 Å². The van der Waals surface area contributed by atoms with Crippen molar-refractivity contribution in [3.05, 3.63) is 106 Å². The molecule has 3 aromatic carbocycles. The molecule has 3 rings (SSSR count). The molecule has 2 heteroatoms. The monoisotopic (exact) mass is 412 g/mol. The van der Waals surface area contributed by atoms with Crippen LogP contribution in [0.5, 0.6) is 0 Å². The fourth-order valence-corrected chi connectivity index (χ4v) is 3.79. The molecule has 0 fully saturated rings. The van der Waals surface area contributed by atoms with Crippen molar-refractivity contribution in [2.45, 2.75) is 59.3 Å². The van der Waals surface area contributed by atoms with Crippen molar-refractivity contribution >= 4 is 11.6 Å². The molecule has 3 aromatic rings. The third-order valence-electron chi connectivity index (χ3n) is 5.67. The molecule has 0 aliphatic carbocycles. The number of ketones is 2. The van der Waals surface area contributed by atoms with Gasteiger partial charge in [-0.3, -0.25) is 9.59 Å². The molecule has 0 heterocycles. The molecule has 0 saturated heterocycles. The highest BCUT2D eigenvalue weighted by Crippen LogP contribution is 2.19. The maximum atomic E-state index is 13.1. The van der Waals surface area contributed by atoms with Gasteiger partial charge in [0, 0.05) is 22.3 Å². The summed E-state index contributed by atoms with van der Waals surface area (Å²) in [4.78, 5) is 26.1. The number of aryl methyl sites for hydroxylation is 3. The van der Waals surface area contributed by atoms with Crippen LogP contribution in [0.2, 0.25) is 0 Å². The lowest BCUT2D eigenvalue weighted by Gasteiger charge is -2.09. The van der Waals surface area contributed by atoms with Crippen molar-refractivity contribution in [1.82, 2.24) is 0 Å². The SMILES string of the molecule is CCCCc1ccc(C(=O)c2cc(C)cc(C(=O)c3ccc(CCCC)cc3)c2)cc1. The van der Waals surface area contributed by atoms with E-state index in [9.17, 15) is 9.59 Å². The van der Waals surface area contributed by atoms with Gasteiger partial charge in [0.2, 0.25) is 0 Å². The van der Waals surface area contributed by atoms with Crippen LogP contribution >= 0.6 is 0 Å². The lowest BCUT2D eigenvalue weighted by atomic mass is 9.94. The van der Waals surface area contributed by atoms with E-state index >= 15 is 0 Å². The van der Waals surface area contributed by atoms with Gasteiger partial charge in [-0.05, 0) is 67.5 Å². The lowest BCUT2D eigenvalue weighted by Crippen LogP contribution is -2.07. The highest BCUT2D eigenvalue weighted by molar-refractivity contribution is 6.13. The molecule has 0 N–H and O–H groups in total. The van der Waals surface area contributed by atoms with Crippen LogP contribution < -0.4 is 0 Å². The zero-order valence-corrected chi connectivity index (χ0v) is 18.9. The molecular weight excluding hydrogens is 380 g/mol. The molecule has 0 unspecified atom stereocenters. The molecule has 0 aromatic heterocycles. The van der Waals surface area contributed by atoms with Gasteiger partial charge in [-0.1, -0.05) is 75.2 Å². The third-order valence-corrected chi connectivity index (χ3v) is 5.67. The number of carbonyl (C=O) groups is 2. The first kappa shape index (κ1) is 22.7. The van der Waals surface area contributed by atoms with Gasteiger partial charge in [-0.15, -0.1) is 0 Å². The Labute approximate surface area is 186 Å². The Bertz CT molecular complexity index is 946. The number of hydrogen-bond donors (Lipinski definition) is 0. The van der Waals surface area contributed by atoms with E-state index in [1.165, 1.54) is 11.1 Å². The van der Waals surface area contributed by atoms with Gasteiger partial charge < -0.3 is 0 Å². The number of carbonyl (C=O) groups excluding carboxylic acids is 2. The van der Waals surface area contributed by atoms with E-state index in [-0.39, 0.29) is 11.6 Å². The van der Waals surface area contributed by atoms with Crippen molar-refractivity contribution in [3.63, 3.8) is 0 Å². The van der Waals surface area contributed by atoms with E-state index in [4.69, 9.17) is 0 Å². The molecule has 0 aliphatic rings. The molecule has 0 saturated carbocycles. The minimum Gasteiger partial charge on any atom is -0.289 e. The summed E-state index contributed by atoms with van der Waals surface area (Å²) >= 11 is 0. The fourth-order valence-electron chi connectivity index (χ4n) is 3.79. The molecule has 2 nitrogen and oxygen atoms in total.